The van der Waals surface area contributed by atoms with Gasteiger partial charge in [-0.15, -0.1) is 5.10 Å². The van der Waals surface area contributed by atoms with E-state index in [4.69, 9.17) is 5.73 Å². The second-order valence-electron chi connectivity index (χ2n) is 3.24. The first-order chi connectivity index (χ1) is 6.08. The smallest absolute Gasteiger partial charge is 0.239 e. The normalized spacial score (nSPS) is 13.5. The molecule has 0 fully saturated rings. The van der Waals surface area contributed by atoms with Crippen LogP contribution in [0.1, 0.15) is 0 Å². The van der Waals surface area contributed by atoms with Gasteiger partial charge < -0.3 is 15.7 Å². The first-order valence-electron chi connectivity index (χ1n) is 4.05. The van der Waals surface area contributed by atoms with Crippen LogP contribution in [0.25, 0.3) is 0 Å². The van der Waals surface area contributed by atoms with Crippen LogP contribution in [0, 0.1) is 0 Å². The first kappa shape index (κ1) is 9.94. The molecule has 1 heterocycles. The Hall–Kier alpha value is -1.14. The van der Waals surface area contributed by atoms with Gasteiger partial charge in [-0.1, -0.05) is 0 Å². The number of likely N-dealkylation sites (N-methyl/N-ethyl adjacent to an activating group) is 1. The fourth-order valence-electron chi connectivity index (χ4n) is 1.09. The SMILES string of the molecule is CN(C)CC(O)Cn1cnc(N)n1. The highest BCUT2D eigenvalue weighted by atomic mass is 16.3. The van der Waals surface area contributed by atoms with Gasteiger partial charge in [0.05, 0.1) is 12.6 Å². The van der Waals surface area contributed by atoms with E-state index in [9.17, 15) is 5.11 Å². The summed E-state index contributed by atoms with van der Waals surface area (Å²) in [4.78, 5) is 5.66. The number of rotatable bonds is 4. The van der Waals surface area contributed by atoms with Crippen LogP contribution in [0.15, 0.2) is 6.33 Å². The molecule has 0 radical (unpaired) electrons. The van der Waals surface area contributed by atoms with Crippen molar-refractivity contribution in [2.24, 2.45) is 0 Å². The topological polar surface area (TPSA) is 80.2 Å². The summed E-state index contributed by atoms with van der Waals surface area (Å²) in [6.45, 7) is 1.02. The average Bonchev–Trinajstić information content (AvgIpc) is 2.33. The van der Waals surface area contributed by atoms with Gasteiger partial charge in [0.1, 0.15) is 6.33 Å². The van der Waals surface area contributed by atoms with Crippen LogP contribution in [0.3, 0.4) is 0 Å². The summed E-state index contributed by atoms with van der Waals surface area (Å²) < 4.78 is 1.53. The van der Waals surface area contributed by atoms with Crippen molar-refractivity contribution in [1.29, 1.82) is 0 Å². The molecule has 3 N–H and O–H groups in total. The molecule has 1 unspecified atom stereocenters. The van der Waals surface area contributed by atoms with Crippen LogP contribution in [0.2, 0.25) is 0 Å². The molecule has 74 valence electrons. The highest BCUT2D eigenvalue weighted by Gasteiger charge is 2.07. The number of aliphatic hydroxyl groups is 1. The zero-order valence-electron chi connectivity index (χ0n) is 7.88. The molecule has 0 saturated carbocycles. The number of hydrogen-bond acceptors (Lipinski definition) is 5. The van der Waals surface area contributed by atoms with Gasteiger partial charge in [-0.05, 0) is 14.1 Å². The summed E-state index contributed by atoms with van der Waals surface area (Å²) in [6, 6.07) is 0. The highest BCUT2D eigenvalue weighted by Crippen LogP contribution is 1.94. The largest absolute Gasteiger partial charge is 0.390 e. The fraction of sp³-hybridized carbons (Fsp3) is 0.714. The van der Waals surface area contributed by atoms with Gasteiger partial charge in [-0.3, -0.25) is 0 Å². The number of aliphatic hydroxyl groups excluding tert-OH is 1. The lowest BCUT2D eigenvalue weighted by molar-refractivity contribution is 0.116. The Morgan fingerprint density at radius 2 is 2.38 bits per heavy atom. The molecule has 0 aliphatic carbocycles. The van der Waals surface area contributed by atoms with Crippen LogP contribution >= 0.6 is 0 Å². The lowest BCUT2D eigenvalue weighted by atomic mass is 10.3. The van der Waals surface area contributed by atoms with Gasteiger partial charge >= 0.3 is 0 Å². The lowest BCUT2D eigenvalue weighted by Gasteiger charge is -2.15. The van der Waals surface area contributed by atoms with Crippen LogP contribution in [-0.4, -0.2) is 51.5 Å². The molecule has 13 heavy (non-hydrogen) atoms. The Labute approximate surface area is 77.0 Å². The van der Waals surface area contributed by atoms with Gasteiger partial charge in [-0.25, -0.2) is 9.67 Å². The molecular weight excluding hydrogens is 170 g/mol. The Balaban J connectivity index is 2.40. The summed E-state index contributed by atoms with van der Waals surface area (Å²) in [5.41, 5.74) is 5.32. The number of nitrogen functional groups attached to an aromatic ring is 1. The van der Waals surface area contributed by atoms with E-state index in [0.29, 0.717) is 13.1 Å². The second kappa shape index (κ2) is 4.20. The minimum absolute atomic E-state index is 0.233. The molecule has 0 saturated heterocycles. The minimum Gasteiger partial charge on any atom is -0.390 e. The Morgan fingerprint density at radius 1 is 1.69 bits per heavy atom. The summed E-state index contributed by atoms with van der Waals surface area (Å²) in [7, 11) is 3.80. The van der Waals surface area contributed by atoms with Crippen LogP contribution < -0.4 is 5.73 Å². The van der Waals surface area contributed by atoms with Gasteiger partial charge in [-0.2, -0.15) is 0 Å². The zero-order valence-corrected chi connectivity index (χ0v) is 7.88. The van der Waals surface area contributed by atoms with Gasteiger partial charge in [0.2, 0.25) is 5.95 Å². The van der Waals surface area contributed by atoms with Gasteiger partial charge in [0.25, 0.3) is 0 Å². The third-order valence-corrected chi connectivity index (χ3v) is 1.53. The van der Waals surface area contributed by atoms with Crippen LogP contribution in [0.4, 0.5) is 5.95 Å². The van der Waals surface area contributed by atoms with Crippen LogP contribution in [-0.2, 0) is 6.54 Å². The van der Waals surface area contributed by atoms with Crippen molar-refractivity contribution in [3.05, 3.63) is 6.33 Å². The molecule has 0 aliphatic heterocycles. The van der Waals surface area contributed by atoms with E-state index in [2.05, 4.69) is 10.1 Å². The molecule has 1 aromatic heterocycles. The molecular formula is C7H15N5O. The number of hydrogen-bond donors (Lipinski definition) is 2. The van der Waals surface area contributed by atoms with Gasteiger partial charge in [0.15, 0.2) is 0 Å². The monoisotopic (exact) mass is 185 g/mol. The average molecular weight is 185 g/mol. The summed E-state index contributed by atoms with van der Waals surface area (Å²) >= 11 is 0. The summed E-state index contributed by atoms with van der Waals surface area (Å²) in [5.74, 6) is 0.233. The molecule has 0 amide bonds. The third kappa shape index (κ3) is 3.39. The molecule has 6 heteroatoms. The quantitative estimate of drug-likeness (QED) is 0.614. The van der Waals surface area contributed by atoms with Crippen LogP contribution in [0.5, 0.6) is 0 Å². The summed E-state index contributed by atoms with van der Waals surface area (Å²) in [6.07, 6.45) is 1.06. The molecule has 0 spiro atoms. The Kier molecular flexibility index (Phi) is 3.21. The van der Waals surface area contributed by atoms with E-state index in [1.54, 1.807) is 0 Å². The molecule has 1 atom stereocenters. The highest BCUT2D eigenvalue weighted by molar-refractivity contribution is 5.09. The van der Waals surface area contributed by atoms with Crippen molar-refractivity contribution in [3.8, 4) is 0 Å². The summed E-state index contributed by atoms with van der Waals surface area (Å²) in [5, 5.41) is 13.4. The maximum atomic E-state index is 9.51. The van der Waals surface area contributed by atoms with E-state index in [1.165, 1.54) is 11.0 Å². The van der Waals surface area contributed by atoms with Crippen molar-refractivity contribution < 1.29 is 5.11 Å². The molecule has 1 rings (SSSR count). The lowest BCUT2D eigenvalue weighted by Crippen LogP contribution is -2.29. The fourth-order valence-corrected chi connectivity index (χ4v) is 1.09. The standard InChI is InChI=1S/C7H15N5O/c1-11(2)3-6(13)4-12-5-9-7(8)10-12/h5-6,13H,3-4H2,1-2H3,(H2,8,10). The Morgan fingerprint density at radius 3 is 2.85 bits per heavy atom. The molecule has 6 nitrogen and oxygen atoms in total. The number of nitrogens with zero attached hydrogens (tertiary/aromatic N) is 4. The predicted molar refractivity (Wildman–Crippen MR) is 49.0 cm³/mol. The van der Waals surface area contributed by atoms with Crippen molar-refractivity contribution in [2.45, 2.75) is 12.6 Å². The Bertz CT molecular complexity index is 259. The zero-order chi connectivity index (χ0) is 9.84. The maximum absolute atomic E-state index is 9.51. The van der Waals surface area contributed by atoms with Crippen molar-refractivity contribution in [2.75, 3.05) is 26.4 Å². The molecule has 0 aliphatic rings. The van der Waals surface area contributed by atoms with Crippen molar-refractivity contribution >= 4 is 5.95 Å². The molecule has 1 aromatic rings. The number of nitrogens with two attached hydrogens (primary N) is 1. The predicted octanol–water partition coefficient (Wildman–Crippen LogP) is -1.22. The van der Waals surface area contributed by atoms with E-state index in [0.717, 1.165) is 0 Å². The van der Waals surface area contributed by atoms with Crippen molar-refractivity contribution in [3.63, 3.8) is 0 Å². The van der Waals surface area contributed by atoms with E-state index < -0.39 is 6.10 Å². The maximum Gasteiger partial charge on any atom is 0.239 e. The van der Waals surface area contributed by atoms with Crippen molar-refractivity contribution in [1.82, 2.24) is 19.7 Å². The first-order valence-corrected chi connectivity index (χ1v) is 4.05. The molecule has 0 aromatic carbocycles. The third-order valence-electron chi connectivity index (χ3n) is 1.53. The van der Waals surface area contributed by atoms with E-state index in [-0.39, 0.29) is 5.95 Å². The van der Waals surface area contributed by atoms with Gasteiger partial charge in [0, 0.05) is 6.54 Å². The number of anilines is 1. The van der Waals surface area contributed by atoms with E-state index >= 15 is 0 Å². The van der Waals surface area contributed by atoms with E-state index in [1.807, 2.05) is 19.0 Å². The number of aromatic nitrogens is 3. The minimum atomic E-state index is -0.448. The second-order valence-corrected chi connectivity index (χ2v) is 3.24. The molecule has 0 bridgehead atoms.